The molecule has 0 radical (unpaired) electrons. The number of aliphatic hydroxyl groups excluding tert-OH is 1. The number of benzene rings is 1. The van der Waals surface area contributed by atoms with E-state index in [4.69, 9.17) is 20.3 Å². The number of pyridine rings is 2. The van der Waals surface area contributed by atoms with Gasteiger partial charge in [0.15, 0.2) is 5.82 Å². The molecule has 9 nitrogen and oxygen atoms in total. The highest BCUT2D eigenvalue weighted by Crippen LogP contribution is 2.39. The summed E-state index contributed by atoms with van der Waals surface area (Å²) >= 11 is 0. The molecule has 1 aliphatic heterocycles. The molecule has 0 unspecified atom stereocenters. The number of fused-ring (bicyclic) bond motifs is 2. The first-order valence-electron chi connectivity index (χ1n) is 9.72. The minimum atomic E-state index is -0.760. The number of nitrogens with zero attached hydrogens (tertiary/aromatic N) is 2. The van der Waals surface area contributed by atoms with Crippen LogP contribution in [0, 0.1) is 12.7 Å². The molecule has 0 saturated heterocycles. The van der Waals surface area contributed by atoms with Crippen molar-refractivity contribution in [2.75, 3.05) is 30.8 Å². The minimum Gasteiger partial charge on any atom is -0.474 e. The van der Waals surface area contributed by atoms with Crippen LogP contribution in [0.4, 0.5) is 20.6 Å². The monoisotopic (exact) mass is 427 g/mol. The van der Waals surface area contributed by atoms with Crippen molar-refractivity contribution in [1.82, 2.24) is 15.3 Å². The zero-order chi connectivity index (χ0) is 22.1. The summed E-state index contributed by atoms with van der Waals surface area (Å²) in [5.41, 5.74) is 8.32. The first kappa shape index (κ1) is 20.6. The molecular weight excluding hydrogens is 405 g/mol. The largest absolute Gasteiger partial charge is 0.474 e. The Hall–Kier alpha value is -3.66. The van der Waals surface area contributed by atoms with Gasteiger partial charge in [-0.05, 0) is 30.9 Å². The van der Waals surface area contributed by atoms with Crippen molar-refractivity contribution in [1.29, 1.82) is 0 Å². The van der Waals surface area contributed by atoms with Gasteiger partial charge in [-0.1, -0.05) is 0 Å². The Kier molecular flexibility index (Phi) is 5.47. The van der Waals surface area contributed by atoms with Crippen molar-refractivity contribution in [3.63, 3.8) is 0 Å². The standard InChI is InChI=1S/C21H22FN5O4/c1-10(9-28)27-21(29)31-16-6-12-5-13(17(22)18(23)15(12)8-25-16)14-7-26-20-19(11(14)2)24-3-4-30-20/h5-8,10,24,28H,3-4,9,23H2,1-2H3,(H,27,29)/t10-/m1/s1. The summed E-state index contributed by atoms with van der Waals surface area (Å²) in [4.78, 5) is 20.2. The molecule has 0 spiro atoms. The third-order valence-corrected chi connectivity index (χ3v) is 5.05. The van der Waals surface area contributed by atoms with Crippen LogP contribution < -0.4 is 25.8 Å². The van der Waals surface area contributed by atoms with Gasteiger partial charge in [0.2, 0.25) is 11.8 Å². The molecule has 5 N–H and O–H groups in total. The molecular formula is C21H22FN5O4. The fourth-order valence-electron chi connectivity index (χ4n) is 3.39. The quantitative estimate of drug-likeness (QED) is 0.467. The second kappa shape index (κ2) is 8.23. The van der Waals surface area contributed by atoms with Gasteiger partial charge in [-0.2, -0.15) is 0 Å². The predicted molar refractivity (Wildman–Crippen MR) is 114 cm³/mol. The zero-order valence-corrected chi connectivity index (χ0v) is 17.0. The van der Waals surface area contributed by atoms with E-state index in [0.717, 1.165) is 11.3 Å². The number of hydrogen-bond acceptors (Lipinski definition) is 8. The van der Waals surface area contributed by atoms with Crippen LogP contribution in [-0.2, 0) is 0 Å². The maximum Gasteiger partial charge on any atom is 0.414 e. The number of hydrogen-bond donors (Lipinski definition) is 4. The van der Waals surface area contributed by atoms with Crippen molar-refractivity contribution in [3.8, 4) is 22.9 Å². The van der Waals surface area contributed by atoms with E-state index in [1.54, 1.807) is 19.2 Å². The lowest BCUT2D eigenvalue weighted by Gasteiger charge is -2.22. The lowest BCUT2D eigenvalue weighted by Crippen LogP contribution is -2.37. The molecule has 3 aromatic rings. The number of carbonyl (C=O) groups is 1. The van der Waals surface area contributed by atoms with Gasteiger partial charge < -0.3 is 30.9 Å². The number of carbonyl (C=O) groups excluding carboxylic acids is 1. The minimum absolute atomic E-state index is 0.0162. The smallest absolute Gasteiger partial charge is 0.414 e. The topological polar surface area (TPSA) is 132 Å². The third kappa shape index (κ3) is 3.89. The molecule has 2 aromatic heterocycles. The molecule has 0 aliphatic carbocycles. The number of nitrogens with two attached hydrogens (primary N) is 1. The summed E-state index contributed by atoms with van der Waals surface area (Å²) < 4.78 is 25.9. The average molecular weight is 427 g/mol. The van der Waals surface area contributed by atoms with E-state index in [-0.39, 0.29) is 23.7 Å². The maximum atomic E-state index is 15.2. The van der Waals surface area contributed by atoms with Gasteiger partial charge in [0, 0.05) is 41.5 Å². The molecule has 1 atom stereocenters. The van der Waals surface area contributed by atoms with Crippen LogP contribution in [0.25, 0.3) is 21.9 Å². The second-order valence-corrected chi connectivity index (χ2v) is 7.27. The van der Waals surface area contributed by atoms with Crippen LogP contribution in [0.1, 0.15) is 12.5 Å². The molecule has 0 bridgehead atoms. The number of aliphatic hydroxyl groups is 1. The molecule has 1 aromatic carbocycles. The number of nitrogen functional groups attached to an aromatic ring is 1. The SMILES string of the molecule is Cc1c(-c2cc3cc(OC(=O)N[C@H](C)CO)ncc3c(N)c2F)cnc2c1NCCO2. The fraction of sp³-hybridized carbons (Fsp3) is 0.286. The number of halogens is 1. The number of rotatable bonds is 4. The van der Waals surface area contributed by atoms with Gasteiger partial charge in [-0.25, -0.2) is 19.2 Å². The normalized spacial score (nSPS) is 13.7. The highest BCUT2D eigenvalue weighted by atomic mass is 19.1. The number of nitrogens with one attached hydrogen (secondary N) is 2. The van der Waals surface area contributed by atoms with E-state index in [9.17, 15) is 4.79 Å². The van der Waals surface area contributed by atoms with Crippen LogP contribution in [0.2, 0.25) is 0 Å². The molecule has 31 heavy (non-hydrogen) atoms. The van der Waals surface area contributed by atoms with Gasteiger partial charge in [0.1, 0.15) is 12.3 Å². The third-order valence-electron chi connectivity index (χ3n) is 5.05. The summed E-state index contributed by atoms with van der Waals surface area (Å²) in [7, 11) is 0. The number of ether oxygens (including phenoxy) is 2. The van der Waals surface area contributed by atoms with Crippen LogP contribution in [0.5, 0.6) is 11.8 Å². The van der Waals surface area contributed by atoms with Gasteiger partial charge in [0.05, 0.1) is 18.3 Å². The summed E-state index contributed by atoms with van der Waals surface area (Å²) in [5.74, 6) is -0.0915. The summed E-state index contributed by atoms with van der Waals surface area (Å²) in [6, 6.07) is 2.64. The summed E-state index contributed by atoms with van der Waals surface area (Å²) in [6.45, 7) is 4.39. The van der Waals surface area contributed by atoms with E-state index in [1.807, 2.05) is 6.92 Å². The van der Waals surface area contributed by atoms with E-state index in [1.165, 1.54) is 12.3 Å². The van der Waals surface area contributed by atoms with Crippen molar-refractivity contribution < 1.29 is 23.8 Å². The van der Waals surface area contributed by atoms with E-state index < -0.39 is 18.0 Å². The first-order chi connectivity index (χ1) is 14.9. The van der Waals surface area contributed by atoms with Gasteiger partial charge >= 0.3 is 6.09 Å². The molecule has 1 aliphatic rings. The summed E-state index contributed by atoms with van der Waals surface area (Å²) in [6.07, 6.45) is 2.14. The van der Waals surface area contributed by atoms with Gasteiger partial charge in [-0.15, -0.1) is 0 Å². The maximum absolute atomic E-state index is 15.2. The Morgan fingerprint density at radius 1 is 1.39 bits per heavy atom. The van der Waals surface area contributed by atoms with Crippen LogP contribution in [-0.4, -0.2) is 47.0 Å². The van der Waals surface area contributed by atoms with Crippen LogP contribution >= 0.6 is 0 Å². The highest BCUT2D eigenvalue weighted by molar-refractivity contribution is 5.98. The molecule has 0 saturated carbocycles. The zero-order valence-electron chi connectivity index (χ0n) is 17.0. The Morgan fingerprint density at radius 3 is 2.97 bits per heavy atom. The fourth-order valence-corrected chi connectivity index (χ4v) is 3.39. The summed E-state index contributed by atoms with van der Waals surface area (Å²) in [5, 5.41) is 15.7. The van der Waals surface area contributed by atoms with Crippen molar-refractivity contribution >= 4 is 28.2 Å². The van der Waals surface area contributed by atoms with Crippen LogP contribution in [0.3, 0.4) is 0 Å². The Bertz CT molecular complexity index is 1170. The van der Waals surface area contributed by atoms with Gasteiger partial charge in [-0.3, -0.25) is 0 Å². The van der Waals surface area contributed by atoms with Crippen molar-refractivity contribution in [2.45, 2.75) is 19.9 Å². The Balaban J connectivity index is 1.75. The predicted octanol–water partition coefficient (Wildman–Crippen LogP) is 2.60. The molecule has 1 amide bonds. The van der Waals surface area contributed by atoms with E-state index in [2.05, 4.69) is 20.6 Å². The number of aromatic nitrogens is 2. The van der Waals surface area contributed by atoms with E-state index in [0.29, 0.717) is 35.4 Å². The molecule has 3 heterocycles. The highest BCUT2D eigenvalue weighted by Gasteiger charge is 2.21. The Morgan fingerprint density at radius 2 is 2.19 bits per heavy atom. The Labute approximate surface area is 177 Å². The average Bonchev–Trinajstić information content (AvgIpc) is 2.76. The van der Waals surface area contributed by atoms with Gasteiger partial charge in [0.25, 0.3) is 0 Å². The second-order valence-electron chi connectivity index (χ2n) is 7.27. The van der Waals surface area contributed by atoms with Crippen molar-refractivity contribution in [2.24, 2.45) is 0 Å². The van der Waals surface area contributed by atoms with Crippen LogP contribution in [0.15, 0.2) is 24.5 Å². The molecule has 10 heteroatoms. The van der Waals surface area contributed by atoms with Crippen molar-refractivity contribution in [3.05, 3.63) is 35.9 Å². The number of amides is 1. The molecule has 4 rings (SSSR count). The number of anilines is 2. The lowest BCUT2D eigenvalue weighted by atomic mass is 9.97. The first-order valence-corrected chi connectivity index (χ1v) is 9.72. The molecule has 0 fully saturated rings. The van der Waals surface area contributed by atoms with E-state index >= 15 is 4.39 Å². The lowest BCUT2D eigenvalue weighted by molar-refractivity contribution is 0.184. The molecule has 162 valence electrons.